The first-order valence-corrected chi connectivity index (χ1v) is 8.70. The molecule has 0 bridgehead atoms. The molecule has 0 aliphatic heterocycles. The topological polar surface area (TPSA) is 78.6 Å². The van der Waals surface area contributed by atoms with Gasteiger partial charge in [-0.2, -0.15) is 0 Å². The van der Waals surface area contributed by atoms with E-state index < -0.39 is 9.84 Å². The van der Waals surface area contributed by atoms with Gasteiger partial charge in [-0.15, -0.1) is 0 Å². The number of nitrogens with two attached hydrogens (primary N) is 1. The Balaban J connectivity index is 2.92. The second-order valence-corrected chi connectivity index (χ2v) is 7.10. The van der Waals surface area contributed by atoms with Crippen molar-refractivity contribution in [2.45, 2.75) is 26.3 Å². The zero-order valence-electron chi connectivity index (χ0n) is 12.3. The number of hydrogen-bond acceptors (Lipinski definition) is 5. The van der Waals surface area contributed by atoms with Crippen LogP contribution in [0.4, 0.5) is 0 Å². The van der Waals surface area contributed by atoms with E-state index in [9.17, 15) is 8.42 Å². The van der Waals surface area contributed by atoms with Crippen molar-refractivity contribution in [1.29, 1.82) is 0 Å². The van der Waals surface area contributed by atoms with Crippen LogP contribution in [0.15, 0.2) is 18.2 Å². The van der Waals surface area contributed by atoms with E-state index in [0.717, 1.165) is 5.56 Å². The molecule has 6 heteroatoms. The predicted molar refractivity (Wildman–Crippen MR) is 80.2 cm³/mol. The maximum Gasteiger partial charge on any atom is 0.164 e. The predicted octanol–water partition coefficient (Wildman–Crippen LogP) is 1.40. The highest BCUT2D eigenvalue weighted by molar-refractivity contribution is 7.90. The molecule has 0 saturated carbocycles. The monoisotopic (exact) mass is 301 g/mol. The van der Waals surface area contributed by atoms with Gasteiger partial charge in [0.15, 0.2) is 21.3 Å². The lowest BCUT2D eigenvalue weighted by atomic mass is 10.1. The number of rotatable bonds is 8. The molecule has 5 nitrogen and oxygen atoms in total. The lowest BCUT2D eigenvalue weighted by molar-refractivity contribution is 0.285. The molecule has 20 heavy (non-hydrogen) atoms. The first-order valence-electron chi connectivity index (χ1n) is 6.64. The summed E-state index contributed by atoms with van der Waals surface area (Å²) in [4.78, 5) is 0. The van der Waals surface area contributed by atoms with Crippen LogP contribution >= 0.6 is 0 Å². The van der Waals surface area contributed by atoms with Crippen molar-refractivity contribution in [3.63, 3.8) is 0 Å². The molecule has 0 amide bonds. The highest BCUT2D eigenvalue weighted by Gasteiger charge is 2.13. The molecule has 0 aliphatic carbocycles. The molecule has 0 fully saturated rings. The van der Waals surface area contributed by atoms with Crippen LogP contribution in [0.5, 0.6) is 11.5 Å². The van der Waals surface area contributed by atoms with Crippen molar-refractivity contribution < 1.29 is 17.9 Å². The lowest BCUT2D eigenvalue weighted by Crippen LogP contribution is -2.19. The highest BCUT2D eigenvalue weighted by Crippen LogP contribution is 2.32. The highest BCUT2D eigenvalue weighted by atomic mass is 32.2. The molecule has 0 radical (unpaired) electrons. The largest absolute Gasteiger partial charge is 0.490 e. The molecular formula is C14H23NO4S. The van der Waals surface area contributed by atoms with Gasteiger partial charge in [0.2, 0.25) is 0 Å². The normalized spacial score (nSPS) is 13.0. The third-order valence-corrected chi connectivity index (χ3v) is 3.51. The number of ether oxygens (including phenoxy) is 2. The van der Waals surface area contributed by atoms with Gasteiger partial charge in [0.05, 0.1) is 12.4 Å². The summed E-state index contributed by atoms with van der Waals surface area (Å²) in [6.45, 7) is 4.42. The first-order chi connectivity index (χ1) is 9.33. The van der Waals surface area contributed by atoms with Gasteiger partial charge >= 0.3 is 0 Å². The van der Waals surface area contributed by atoms with Gasteiger partial charge in [0.25, 0.3) is 0 Å². The zero-order chi connectivity index (χ0) is 15.2. The Morgan fingerprint density at radius 3 is 2.55 bits per heavy atom. The Kier molecular flexibility index (Phi) is 6.29. The van der Waals surface area contributed by atoms with Crippen LogP contribution in [-0.4, -0.2) is 39.7 Å². The third-order valence-electron chi connectivity index (χ3n) is 2.60. The summed E-state index contributed by atoms with van der Waals surface area (Å²) in [7, 11) is -3.05. The van der Waals surface area contributed by atoms with Gasteiger partial charge in [-0.05, 0) is 31.9 Å². The van der Waals surface area contributed by atoms with Crippen molar-refractivity contribution in [2.24, 2.45) is 5.73 Å². The van der Waals surface area contributed by atoms with Gasteiger partial charge in [-0.1, -0.05) is 12.1 Å². The molecule has 0 saturated heterocycles. The minimum absolute atomic E-state index is 0.0101. The van der Waals surface area contributed by atoms with E-state index in [1.807, 2.05) is 32.0 Å². The molecule has 1 unspecified atom stereocenters. The Labute approximate surface area is 121 Å². The molecule has 0 heterocycles. The Hall–Kier alpha value is -1.27. The van der Waals surface area contributed by atoms with E-state index in [1.54, 1.807) is 0 Å². The SMILES string of the molecule is CCOc1cccc(CC(C)N)c1OCCS(C)(=O)=O. The fraction of sp³-hybridized carbons (Fsp3) is 0.571. The second-order valence-electron chi connectivity index (χ2n) is 4.84. The summed E-state index contributed by atoms with van der Waals surface area (Å²) >= 11 is 0. The van der Waals surface area contributed by atoms with Gasteiger partial charge in [0, 0.05) is 12.3 Å². The summed E-state index contributed by atoms with van der Waals surface area (Å²) in [5, 5.41) is 0. The van der Waals surface area contributed by atoms with E-state index >= 15 is 0 Å². The molecular weight excluding hydrogens is 278 g/mol. The maximum atomic E-state index is 11.2. The smallest absolute Gasteiger partial charge is 0.164 e. The fourth-order valence-corrected chi connectivity index (χ4v) is 2.18. The fourth-order valence-electron chi connectivity index (χ4n) is 1.80. The molecule has 1 aromatic rings. The molecule has 1 atom stereocenters. The molecule has 2 N–H and O–H groups in total. The summed E-state index contributed by atoms with van der Waals surface area (Å²) in [5.41, 5.74) is 6.75. The quantitative estimate of drug-likeness (QED) is 0.785. The molecule has 0 aromatic heterocycles. The molecule has 1 rings (SSSR count). The lowest BCUT2D eigenvalue weighted by Gasteiger charge is -2.16. The van der Waals surface area contributed by atoms with Crippen LogP contribution in [-0.2, 0) is 16.3 Å². The van der Waals surface area contributed by atoms with E-state index in [1.165, 1.54) is 6.26 Å². The van der Waals surface area contributed by atoms with Crippen LogP contribution in [0.25, 0.3) is 0 Å². The van der Waals surface area contributed by atoms with Crippen molar-refractivity contribution in [1.82, 2.24) is 0 Å². The van der Waals surface area contributed by atoms with Crippen molar-refractivity contribution >= 4 is 9.84 Å². The van der Waals surface area contributed by atoms with E-state index in [-0.39, 0.29) is 18.4 Å². The summed E-state index contributed by atoms with van der Waals surface area (Å²) in [6.07, 6.45) is 1.84. The molecule has 0 aliphatic rings. The molecule has 1 aromatic carbocycles. The first kappa shape index (κ1) is 16.8. The van der Waals surface area contributed by atoms with Crippen molar-refractivity contribution in [3.05, 3.63) is 23.8 Å². The minimum Gasteiger partial charge on any atom is -0.490 e. The van der Waals surface area contributed by atoms with Crippen LogP contribution in [0.3, 0.4) is 0 Å². The number of para-hydroxylation sites is 1. The summed E-state index contributed by atoms with van der Waals surface area (Å²) in [6, 6.07) is 5.60. The average molecular weight is 301 g/mol. The van der Waals surface area contributed by atoms with E-state index in [0.29, 0.717) is 24.5 Å². The standard InChI is InChI=1S/C14H23NO4S/c1-4-18-13-7-5-6-12(10-11(2)15)14(13)19-8-9-20(3,16)17/h5-7,11H,4,8-10,15H2,1-3H3. The minimum atomic E-state index is -3.05. The average Bonchev–Trinajstić information content (AvgIpc) is 2.30. The second kappa shape index (κ2) is 7.50. The third kappa shape index (κ3) is 5.79. The van der Waals surface area contributed by atoms with Gasteiger partial charge in [-0.3, -0.25) is 0 Å². The summed E-state index contributed by atoms with van der Waals surface area (Å²) < 4.78 is 33.5. The van der Waals surface area contributed by atoms with Crippen LogP contribution < -0.4 is 15.2 Å². The number of benzene rings is 1. The molecule has 114 valence electrons. The van der Waals surface area contributed by atoms with E-state index in [4.69, 9.17) is 15.2 Å². The van der Waals surface area contributed by atoms with E-state index in [2.05, 4.69) is 0 Å². The van der Waals surface area contributed by atoms with Crippen LogP contribution in [0.2, 0.25) is 0 Å². The van der Waals surface area contributed by atoms with Crippen molar-refractivity contribution in [3.8, 4) is 11.5 Å². The van der Waals surface area contributed by atoms with Crippen molar-refractivity contribution in [2.75, 3.05) is 25.2 Å². The van der Waals surface area contributed by atoms with Gasteiger partial charge in [0.1, 0.15) is 6.61 Å². The number of hydrogen-bond donors (Lipinski definition) is 1. The Morgan fingerprint density at radius 1 is 1.30 bits per heavy atom. The van der Waals surface area contributed by atoms with Crippen LogP contribution in [0.1, 0.15) is 19.4 Å². The Morgan fingerprint density at radius 2 is 2.00 bits per heavy atom. The summed E-state index contributed by atoms with van der Waals surface area (Å²) in [5.74, 6) is 1.19. The van der Waals surface area contributed by atoms with Gasteiger partial charge in [-0.25, -0.2) is 8.42 Å². The van der Waals surface area contributed by atoms with Gasteiger partial charge < -0.3 is 15.2 Å². The van der Waals surface area contributed by atoms with Crippen LogP contribution in [0, 0.1) is 0 Å². The maximum absolute atomic E-state index is 11.2. The zero-order valence-corrected chi connectivity index (χ0v) is 13.1. The number of sulfone groups is 1. The Bertz CT molecular complexity index is 526. The molecule has 0 spiro atoms.